The Morgan fingerprint density at radius 1 is 0.605 bits per heavy atom. The van der Waals surface area contributed by atoms with Crippen LogP contribution in [0.2, 0.25) is 0 Å². The summed E-state index contributed by atoms with van der Waals surface area (Å²) in [5, 5.41) is 11.5. The molecule has 0 radical (unpaired) electrons. The van der Waals surface area contributed by atoms with Crippen molar-refractivity contribution in [3.05, 3.63) is 131 Å². The number of rotatable bonds is 8. The standard InChI is InChI=1S/C35H28N2O6/c1-42-34(40)29-15-23(16-30(17-29)35(41)43-2)21-37-13-11-25-7-9-27(19-32(25)37)26-8-6-24-10-12-36(31(24)18-26)20-22-4-3-5-28(14-22)33(38)39/h3-19H,20-21H2,1-2H3,(H,38,39). The molecule has 1 N–H and O–H groups in total. The highest BCUT2D eigenvalue weighted by molar-refractivity contribution is 5.96. The van der Waals surface area contributed by atoms with Crippen molar-refractivity contribution in [1.29, 1.82) is 0 Å². The van der Waals surface area contributed by atoms with E-state index in [4.69, 9.17) is 9.47 Å². The summed E-state index contributed by atoms with van der Waals surface area (Å²) in [6.45, 7) is 0.979. The van der Waals surface area contributed by atoms with Crippen LogP contribution in [-0.2, 0) is 22.6 Å². The zero-order valence-electron chi connectivity index (χ0n) is 23.6. The number of benzene rings is 4. The molecule has 0 atom stereocenters. The third-order valence-corrected chi connectivity index (χ3v) is 7.60. The summed E-state index contributed by atoms with van der Waals surface area (Å²) >= 11 is 0. The minimum atomic E-state index is -0.943. The van der Waals surface area contributed by atoms with Crippen LogP contribution in [0, 0.1) is 0 Å². The van der Waals surface area contributed by atoms with Gasteiger partial charge in [-0.2, -0.15) is 0 Å². The molecule has 0 aliphatic heterocycles. The van der Waals surface area contributed by atoms with E-state index in [2.05, 4.69) is 51.6 Å². The lowest BCUT2D eigenvalue weighted by Crippen LogP contribution is -2.09. The molecule has 0 spiro atoms. The Hall–Kier alpha value is -5.63. The van der Waals surface area contributed by atoms with Crippen LogP contribution < -0.4 is 0 Å². The molecule has 0 aliphatic rings. The first kappa shape index (κ1) is 27.5. The first-order valence-corrected chi connectivity index (χ1v) is 13.6. The number of aromatic nitrogens is 2. The number of carboxylic acids is 1. The van der Waals surface area contributed by atoms with Crippen molar-refractivity contribution in [1.82, 2.24) is 9.13 Å². The Morgan fingerprint density at radius 2 is 1.12 bits per heavy atom. The zero-order chi connectivity index (χ0) is 30.1. The van der Waals surface area contributed by atoms with Gasteiger partial charge in [0.15, 0.2) is 0 Å². The third kappa shape index (κ3) is 5.50. The Balaban J connectivity index is 1.34. The fraction of sp³-hybridized carbons (Fsp3) is 0.114. The number of nitrogens with zero attached hydrogens (tertiary/aromatic N) is 2. The molecule has 0 saturated heterocycles. The lowest BCUT2D eigenvalue weighted by atomic mass is 10.0. The van der Waals surface area contributed by atoms with Gasteiger partial charge in [-0.1, -0.05) is 36.4 Å². The van der Waals surface area contributed by atoms with E-state index in [1.54, 1.807) is 30.3 Å². The average Bonchev–Trinajstić information content (AvgIpc) is 3.63. The molecule has 6 rings (SSSR count). The van der Waals surface area contributed by atoms with Crippen LogP contribution >= 0.6 is 0 Å². The molecular weight excluding hydrogens is 544 g/mol. The molecule has 0 fully saturated rings. The first-order chi connectivity index (χ1) is 20.8. The number of fused-ring (bicyclic) bond motifs is 2. The van der Waals surface area contributed by atoms with E-state index >= 15 is 0 Å². The number of aromatic carboxylic acids is 1. The normalized spacial score (nSPS) is 11.1. The van der Waals surface area contributed by atoms with E-state index in [1.807, 2.05) is 24.5 Å². The van der Waals surface area contributed by atoms with Crippen LogP contribution in [0.25, 0.3) is 32.9 Å². The number of methoxy groups -OCH3 is 2. The quantitative estimate of drug-likeness (QED) is 0.206. The van der Waals surface area contributed by atoms with E-state index in [1.165, 1.54) is 20.3 Å². The highest BCUT2D eigenvalue weighted by Gasteiger charge is 2.15. The average molecular weight is 573 g/mol. The van der Waals surface area contributed by atoms with Gasteiger partial charge in [-0.15, -0.1) is 0 Å². The Kier molecular flexibility index (Phi) is 7.26. The molecule has 4 aromatic carbocycles. The Morgan fingerprint density at radius 3 is 1.63 bits per heavy atom. The fourth-order valence-electron chi connectivity index (χ4n) is 5.45. The number of ether oxygens (including phenoxy) is 2. The van der Waals surface area contributed by atoms with Gasteiger partial charge in [0.2, 0.25) is 0 Å². The molecule has 0 saturated carbocycles. The van der Waals surface area contributed by atoms with Crippen LogP contribution in [0.3, 0.4) is 0 Å². The molecule has 0 aliphatic carbocycles. The van der Waals surface area contributed by atoms with E-state index in [0.717, 1.165) is 44.1 Å². The van der Waals surface area contributed by atoms with Crippen LogP contribution in [0.15, 0.2) is 103 Å². The first-order valence-electron chi connectivity index (χ1n) is 13.6. The second kappa shape index (κ2) is 11.3. The van der Waals surface area contributed by atoms with Crippen LogP contribution in [-0.4, -0.2) is 46.4 Å². The van der Waals surface area contributed by atoms with E-state index < -0.39 is 17.9 Å². The number of hydrogen-bond acceptors (Lipinski definition) is 5. The SMILES string of the molecule is COC(=O)c1cc(Cn2ccc3ccc(-c4ccc5ccn(Cc6cccc(C(=O)O)c6)c5c4)cc32)cc(C(=O)OC)c1. The number of hydrogen-bond donors (Lipinski definition) is 1. The van der Waals surface area contributed by atoms with Crippen molar-refractivity contribution in [3.63, 3.8) is 0 Å². The molecule has 0 bridgehead atoms. The Labute approximate surface area is 247 Å². The van der Waals surface area contributed by atoms with Crippen LogP contribution in [0.4, 0.5) is 0 Å². The number of carbonyl (C=O) groups is 3. The van der Waals surface area contributed by atoms with Gasteiger partial charge in [-0.25, -0.2) is 14.4 Å². The molecule has 43 heavy (non-hydrogen) atoms. The van der Waals surface area contributed by atoms with E-state index in [9.17, 15) is 19.5 Å². The summed E-state index contributed by atoms with van der Waals surface area (Å²) in [6, 6.07) is 28.6. The van der Waals surface area contributed by atoms with Crippen molar-refractivity contribution in [3.8, 4) is 11.1 Å². The molecule has 2 heterocycles. The fourth-order valence-corrected chi connectivity index (χ4v) is 5.45. The minimum absolute atomic E-state index is 0.268. The number of esters is 2. The zero-order valence-corrected chi connectivity index (χ0v) is 23.6. The highest BCUT2D eigenvalue weighted by Crippen LogP contribution is 2.29. The predicted molar refractivity (Wildman–Crippen MR) is 164 cm³/mol. The van der Waals surface area contributed by atoms with Gasteiger partial charge < -0.3 is 23.7 Å². The largest absolute Gasteiger partial charge is 0.478 e. The summed E-state index contributed by atoms with van der Waals surface area (Å²) in [4.78, 5) is 36.0. The molecule has 6 aromatic rings. The maximum atomic E-state index is 12.3. The van der Waals surface area contributed by atoms with E-state index in [0.29, 0.717) is 13.1 Å². The number of carboxylic acid groups (broad SMARTS) is 1. The monoisotopic (exact) mass is 572 g/mol. The van der Waals surface area contributed by atoms with Gasteiger partial charge >= 0.3 is 17.9 Å². The second-order valence-corrected chi connectivity index (χ2v) is 10.3. The van der Waals surface area contributed by atoms with Crippen LogP contribution in [0.1, 0.15) is 42.2 Å². The molecule has 0 unspecified atom stereocenters. The van der Waals surface area contributed by atoms with Crippen molar-refractivity contribution in [2.45, 2.75) is 13.1 Å². The van der Waals surface area contributed by atoms with Gasteiger partial charge in [0.1, 0.15) is 0 Å². The van der Waals surface area contributed by atoms with Crippen molar-refractivity contribution in [2.24, 2.45) is 0 Å². The molecule has 2 aromatic heterocycles. The van der Waals surface area contributed by atoms with Crippen molar-refractivity contribution < 1.29 is 29.0 Å². The third-order valence-electron chi connectivity index (χ3n) is 7.60. The minimum Gasteiger partial charge on any atom is -0.478 e. The Bertz CT molecular complexity index is 2000. The highest BCUT2D eigenvalue weighted by atomic mass is 16.5. The summed E-state index contributed by atoms with van der Waals surface area (Å²) in [5.41, 5.74) is 6.63. The van der Waals surface area contributed by atoms with Gasteiger partial charge in [-0.3, -0.25) is 0 Å². The molecule has 0 amide bonds. The molecule has 8 nitrogen and oxygen atoms in total. The van der Waals surface area contributed by atoms with E-state index in [-0.39, 0.29) is 16.7 Å². The van der Waals surface area contributed by atoms with Gasteiger partial charge in [0.05, 0.1) is 30.9 Å². The maximum absolute atomic E-state index is 12.3. The lowest BCUT2D eigenvalue weighted by molar-refractivity contribution is 0.0597. The topological polar surface area (TPSA) is 99.8 Å². The summed E-state index contributed by atoms with van der Waals surface area (Å²) in [6.07, 6.45) is 4.00. The van der Waals surface area contributed by atoms with Crippen molar-refractivity contribution in [2.75, 3.05) is 14.2 Å². The van der Waals surface area contributed by atoms with Gasteiger partial charge in [0.25, 0.3) is 0 Å². The smallest absolute Gasteiger partial charge is 0.337 e. The van der Waals surface area contributed by atoms with Crippen molar-refractivity contribution >= 4 is 39.7 Å². The molecule has 214 valence electrons. The van der Waals surface area contributed by atoms with Gasteiger partial charge in [-0.05, 0) is 87.6 Å². The summed E-state index contributed by atoms with van der Waals surface area (Å²) in [5.74, 6) is -2.00. The lowest BCUT2D eigenvalue weighted by Gasteiger charge is -2.11. The molecular formula is C35H28N2O6. The molecule has 8 heteroatoms. The summed E-state index contributed by atoms with van der Waals surface area (Å²) in [7, 11) is 2.61. The number of carbonyl (C=O) groups excluding carboxylic acids is 2. The predicted octanol–water partition coefficient (Wildman–Crippen LogP) is 6.63. The van der Waals surface area contributed by atoms with Crippen LogP contribution in [0.5, 0.6) is 0 Å². The maximum Gasteiger partial charge on any atom is 0.337 e. The van der Waals surface area contributed by atoms with Gasteiger partial charge in [0, 0.05) is 36.5 Å². The summed E-state index contributed by atoms with van der Waals surface area (Å²) < 4.78 is 14.0. The second-order valence-electron chi connectivity index (χ2n) is 10.3.